The number of carbonyl (C=O) groups is 2. The normalized spacial score (nSPS) is 23.5. The van der Waals surface area contributed by atoms with Gasteiger partial charge in [0.15, 0.2) is 0 Å². The summed E-state index contributed by atoms with van der Waals surface area (Å²) in [4.78, 5) is 26.8. The maximum absolute atomic E-state index is 12.6. The number of ether oxygens (including phenoxy) is 2. The fourth-order valence-corrected chi connectivity index (χ4v) is 3.19. The van der Waals surface area contributed by atoms with E-state index in [0.29, 0.717) is 63.9 Å². The molecule has 3 rings (SSSR count). The number of hydrogen-bond donors (Lipinski definition) is 2. The molecule has 2 fully saturated rings. The van der Waals surface area contributed by atoms with E-state index in [2.05, 4.69) is 25.6 Å². The molecule has 2 aliphatic heterocycles. The van der Waals surface area contributed by atoms with Crippen molar-refractivity contribution in [3.05, 3.63) is 5.69 Å². The van der Waals surface area contributed by atoms with Crippen molar-refractivity contribution >= 4 is 11.8 Å². The van der Waals surface area contributed by atoms with Crippen LogP contribution in [0.2, 0.25) is 0 Å². The molecule has 0 aromatic carbocycles. The van der Waals surface area contributed by atoms with Crippen molar-refractivity contribution < 1.29 is 23.7 Å². The number of morpholine rings is 1. The largest absolute Gasteiger partial charge is 0.472 e. The molecule has 0 unspecified atom stereocenters. The van der Waals surface area contributed by atoms with Gasteiger partial charge < -0.3 is 25.0 Å². The van der Waals surface area contributed by atoms with Crippen LogP contribution in [-0.2, 0) is 14.3 Å². The SMILES string of the molecule is Cc1nonc1OCCNC(=O)[C@H]1CNC[C@H](C(=O)N2CCOCC2)C1. The molecule has 2 aliphatic rings. The Hall–Kier alpha value is -2.20. The summed E-state index contributed by atoms with van der Waals surface area (Å²) in [6.07, 6.45) is 0.558. The molecule has 1 aromatic heterocycles. The van der Waals surface area contributed by atoms with E-state index in [1.54, 1.807) is 6.92 Å². The molecular formula is C16H25N5O5. The fourth-order valence-electron chi connectivity index (χ4n) is 3.19. The van der Waals surface area contributed by atoms with Gasteiger partial charge >= 0.3 is 0 Å². The third-order valence-corrected chi connectivity index (χ3v) is 4.64. The Labute approximate surface area is 151 Å². The molecule has 144 valence electrons. The average Bonchev–Trinajstić information content (AvgIpc) is 3.10. The van der Waals surface area contributed by atoms with Crippen LogP contribution in [0, 0.1) is 18.8 Å². The summed E-state index contributed by atoms with van der Waals surface area (Å²) in [7, 11) is 0. The highest BCUT2D eigenvalue weighted by Gasteiger charge is 2.33. The molecule has 10 nitrogen and oxygen atoms in total. The van der Waals surface area contributed by atoms with Crippen LogP contribution in [0.15, 0.2) is 4.63 Å². The minimum Gasteiger partial charge on any atom is -0.472 e. The molecule has 0 saturated carbocycles. The van der Waals surface area contributed by atoms with Crippen molar-refractivity contribution in [2.24, 2.45) is 11.8 Å². The Morgan fingerprint density at radius 1 is 1.27 bits per heavy atom. The lowest BCUT2D eigenvalue weighted by Gasteiger charge is -2.34. The average molecular weight is 367 g/mol. The fraction of sp³-hybridized carbons (Fsp3) is 0.750. The summed E-state index contributed by atoms with van der Waals surface area (Å²) < 4.78 is 15.2. The van der Waals surface area contributed by atoms with Crippen molar-refractivity contribution in [2.45, 2.75) is 13.3 Å². The van der Waals surface area contributed by atoms with Crippen LogP contribution in [0.1, 0.15) is 12.1 Å². The van der Waals surface area contributed by atoms with Gasteiger partial charge in [-0.05, 0) is 18.5 Å². The summed E-state index contributed by atoms with van der Waals surface area (Å²) >= 11 is 0. The van der Waals surface area contributed by atoms with E-state index in [4.69, 9.17) is 9.47 Å². The molecule has 1 aromatic rings. The first-order valence-corrected chi connectivity index (χ1v) is 8.92. The summed E-state index contributed by atoms with van der Waals surface area (Å²) in [6.45, 7) is 5.95. The monoisotopic (exact) mass is 367 g/mol. The lowest BCUT2D eigenvalue weighted by atomic mass is 9.88. The van der Waals surface area contributed by atoms with E-state index >= 15 is 0 Å². The predicted molar refractivity (Wildman–Crippen MR) is 89.4 cm³/mol. The van der Waals surface area contributed by atoms with Crippen molar-refractivity contribution in [1.29, 1.82) is 0 Å². The molecule has 26 heavy (non-hydrogen) atoms. The van der Waals surface area contributed by atoms with Crippen LogP contribution in [0.3, 0.4) is 0 Å². The number of hydrogen-bond acceptors (Lipinski definition) is 8. The van der Waals surface area contributed by atoms with Gasteiger partial charge in [0.1, 0.15) is 12.3 Å². The molecule has 0 bridgehead atoms. The molecule has 2 saturated heterocycles. The van der Waals surface area contributed by atoms with Gasteiger partial charge in [-0.2, -0.15) is 0 Å². The molecule has 0 spiro atoms. The maximum Gasteiger partial charge on any atom is 0.278 e. The third kappa shape index (κ3) is 4.70. The summed E-state index contributed by atoms with van der Waals surface area (Å²) in [5.74, 6) is -0.0344. The first kappa shape index (κ1) is 18.6. The minimum atomic E-state index is -0.228. The Morgan fingerprint density at radius 2 is 2.04 bits per heavy atom. The first-order chi connectivity index (χ1) is 12.6. The van der Waals surface area contributed by atoms with Crippen LogP contribution in [0.4, 0.5) is 0 Å². The molecule has 0 aliphatic carbocycles. The van der Waals surface area contributed by atoms with Crippen LogP contribution in [0.25, 0.3) is 0 Å². The van der Waals surface area contributed by atoms with Crippen molar-refractivity contribution in [3.63, 3.8) is 0 Å². The predicted octanol–water partition coefficient (Wildman–Crippen LogP) is -1.04. The van der Waals surface area contributed by atoms with E-state index in [0.717, 1.165) is 0 Å². The first-order valence-electron chi connectivity index (χ1n) is 8.92. The van der Waals surface area contributed by atoms with Gasteiger partial charge in [-0.25, -0.2) is 4.63 Å². The Kier molecular flexibility index (Phi) is 6.40. The van der Waals surface area contributed by atoms with Gasteiger partial charge in [-0.1, -0.05) is 5.16 Å². The van der Waals surface area contributed by atoms with Gasteiger partial charge in [0.05, 0.1) is 31.6 Å². The summed E-state index contributed by atoms with van der Waals surface area (Å²) in [5, 5.41) is 13.3. The number of aromatic nitrogens is 2. The number of aryl methyl sites for hydroxylation is 1. The van der Waals surface area contributed by atoms with Gasteiger partial charge in [0.2, 0.25) is 11.8 Å². The number of piperidine rings is 1. The summed E-state index contributed by atoms with van der Waals surface area (Å²) in [5.41, 5.74) is 0.567. The molecule has 10 heteroatoms. The van der Waals surface area contributed by atoms with Gasteiger partial charge in [-0.15, -0.1) is 0 Å². The highest BCUT2D eigenvalue weighted by molar-refractivity contribution is 5.83. The molecular weight excluding hydrogens is 342 g/mol. The molecule has 0 radical (unpaired) electrons. The second-order valence-corrected chi connectivity index (χ2v) is 6.52. The standard InChI is InChI=1S/C16H25N5O5/c1-11-15(20-26-19-11)25-5-2-18-14(22)12-8-13(10-17-9-12)16(23)21-3-6-24-7-4-21/h12-13,17H,2-10H2,1H3,(H,18,22)/t12-,13-/m1/s1. The number of carbonyl (C=O) groups excluding carboxylic acids is 2. The van der Waals surface area contributed by atoms with Crippen molar-refractivity contribution in [3.8, 4) is 5.88 Å². The van der Waals surface area contributed by atoms with Crippen molar-refractivity contribution in [1.82, 2.24) is 25.8 Å². The molecule has 2 amide bonds. The van der Waals surface area contributed by atoms with Crippen LogP contribution >= 0.6 is 0 Å². The quantitative estimate of drug-likeness (QED) is 0.612. The number of rotatable bonds is 6. The highest BCUT2D eigenvalue weighted by Crippen LogP contribution is 2.19. The molecule has 3 heterocycles. The number of nitrogens with zero attached hydrogens (tertiary/aromatic N) is 3. The summed E-state index contributed by atoms with van der Waals surface area (Å²) in [6, 6.07) is 0. The van der Waals surface area contributed by atoms with E-state index < -0.39 is 0 Å². The molecule has 2 atom stereocenters. The lowest BCUT2D eigenvalue weighted by molar-refractivity contribution is -0.141. The lowest BCUT2D eigenvalue weighted by Crippen LogP contribution is -2.51. The minimum absolute atomic E-state index is 0.0735. The van der Waals surface area contributed by atoms with Gasteiger partial charge in [-0.3, -0.25) is 9.59 Å². The Balaban J connectivity index is 1.41. The topological polar surface area (TPSA) is 119 Å². The zero-order valence-electron chi connectivity index (χ0n) is 14.9. The second-order valence-electron chi connectivity index (χ2n) is 6.52. The molecule has 2 N–H and O–H groups in total. The zero-order chi connectivity index (χ0) is 18.4. The third-order valence-electron chi connectivity index (χ3n) is 4.64. The van der Waals surface area contributed by atoms with Crippen LogP contribution in [-0.4, -0.2) is 79.6 Å². The second kappa shape index (κ2) is 8.95. The van der Waals surface area contributed by atoms with Crippen LogP contribution in [0.5, 0.6) is 5.88 Å². The van der Waals surface area contributed by atoms with E-state index in [1.807, 2.05) is 4.90 Å². The van der Waals surface area contributed by atoms with Crippen LogP contribution < -0.4 is 15.4 Å². The number of amides is 2. The maximum atomic E-state index is 12.6. The van der Waals surface area contributed by atoms with E-state index in [9.17, 15) is 9.59 Å². The number of nitrogens with one attached hydrogen (secondary N) is 2. The highest BCUT2D eigenvalue weighted by atomic mass is 16.6. The van der Waals surface area contributed by atoms with Gasteiger partial charge in [0, 0.05) is 26.2 Å². The van der Waals surface area contributed by atoms with Gasteiger partial charge in [0.25, 0.3) is 5.88 Å². The van der Waals surface area contributed by atoms with Crippen molar-refractivity contribution in [2.75, 3.05) is 52.5 Å². The van der Waals surface area contributed by atoms with E-state index in [-0.39, 0.29) is 30.3 Å². The Bertz CT molecular complexity index is 616. The zero-order valence-corrected chi connectivity index (χ0v) is 14.9. The Morgan fingerprint density at radius 3 is 2.77 bits per heavy atom. The smallest absolute Gasteiger partial charge is 0.278 e. The van der Waals surface area contributed by atoms with E-state index in [1.165, 1.54) is 0 Å².